The number of rotatable bonds is 9. The predicted molar refractivity (Wildman–Crippen MR) is 120 cm³/mol. The molecule has 1 unspecified atom stereocenters. The van der Waals surface area contributed by atoms with Crippen molar-refractivity contribution in [2.45, 2.75) is 19.4 Å². The van der Waals surface area contributed by atoms with Crippen LogP contribution in [0.5, 0.6) is 0 Å². The molecule has 9 heteroatoms. The van der Waals surface area contributed by atoms with Crippen molar-refractivity contribution in [3.63, 3.8) is 0 Å². The van der Waals surface area contributed by atoms with Crippen LogP contribution in [0.3, 0.4) is 0 Å². The predicted octanol–water partition coefficient (Wildman–Crippen LogP) is 2.40. The highest BCUT2D eigenvalue weighted by Gasteiger charge is 2.42. The zero-order valence-electron chi connectivity index (χ0n) is 17.8. The number of hydrogen-bond acceptors (Lipinski definition) is 5. The van der Waals surface area contributed by atoms with Crippen molar-refractivity contribution in [1.82, 2.24) is 15.5 Å². The third-order valence-electron chi connectivity index (χ3n) is 5.18. The number of carbonyl (C=O) groups excluding carboxylic acids is 4. The third kappa shape index (κ3) is 4.99. The molecule has 1 aliphatic heterocycles. The Morgan fingerprint density at radius 2 is 1.66 bits per heavy atom. The topological polar surface area (TPSA) is 95.6 Å². The first-order chi connectivity index (χ1) is 15.3. The second-order valence-corrected chi connectivity index (χ2v) is 8.32. The molecule has 32 heavy (non-hydrogen) atoms. The molecule has 0 radical (unpaired) electrons. The first-order valence-corrected chi connectivity index (χ1v) is 11.5. The fourth-order valence-corrected chi connectivity index (χ4v) is 3.87. The summed E-state index contributed by atoms with van der Waals surface area (Å²) in [7, 11) is 0. The Hall–Kier alpha value is -3.20. The van der Waals surface area contributed by atoms with Gasteiger partial charge in [0.05, 0.1) is 11.1 Å². The van der Waals surface area contributed by atoms with Crippen molar-refractivity contribution in [3.05, 3.63) is 70.5 Å². The molecule has 7 nitrogen and oxygen atoms in total. The Morgan fingerprint density at radius 1 is 1.03 bits per heavy atom. The number of hydrogen-bond donors (Lipinski definition) is 2. The highest BCUT2D eigenvalue weighted by Crippen LogP contribution is 2.26. The van der Waals surface area contributed by atoms with Crippen molar-refractivity contribution in [3.8, 4) is 0 Å². The zero-order chi connectivity index (χ0) is 23.3. The maximum Gasteiger partial charge on any atom is 0.262 e. The highest BCUT2D eigenvalue weighted by atomic mass is 32.2. The lowest BCUT2D eigenvalue weighted by molar-refractivity contribution is -0.125. The molecule has 0 aliphatic carbocycles. The quantitative estimate of drug-likeness (QED) is 0.445. The van der Waals surface area contributed by atoms with Gasteiger partial charge in [-0.05, 0) is 55.2 Å². The maximum absolute atomic E-state index is 13.6. The largest absolute Gasteiger partial charge is 0.353 e. The fourth-order valence-electron chi connectivity index (χ4n) is 3.41. The van der Waals surface area contributed by atoms with Gasteiger partial charge >= 0.3 is 0 Å². The van der Waals surface area contributed by atoms with E-state index in [1.807, 2.05) is 6.26 Å². The highest BCUT2D eigenvalue weighted by molar-refractivity contribution is 7.98. The number of imide groups is 1. The average molecular weight is 458 g/mol. The van der Waals surface area contributed by atoms with Gasteiger partial charge in [-0.3, -0.25) is 24.1 Å². The van der Waals surface area contributed by atoms with E-state index in [4.69, 9.17) is 0 Å². The van der Waals surface area contributed by atoms with Crippen LogP contribution in [-0.4, -0.2) is 59.7 Å². The molecule has 1 heterocycles. The summed E-state index contributed by atoms with van der Waals surface area (Å²) >= 11 is 1.51. The lowest BCUT2D eigenvalue weighted by atomic mass is 10.1. The fraction of sp³-hybridized carbons (Fsp3) is 0.304. The van der Waals surface area contributed by atoms with Gasteiger partial charge in [-0.25, -0.2) is 4.39 Å². The Morgan fingerprint density at radius 3 is 2.25 bits per heavy atom. The number of amides is 4. The number of benzene rings is 2. The van der Waals surface area contributed by atoms with Crippen LogP contribution in [0, 0.1) is 12.7 Å². The number of aryl methyl sites for hydroxylation is 1. The first kappa shape index (κ1) is 23.5. The Balaban J connectivity index is 1.60. The first-order valence-electron chi connectivity index (χ1n) is 10.1. The van der Waals surface area contributed by atoms with E-state index in [1.165, 1.54) is 23.9 Å². The summed E-state index contributed by atoms with van der Waals surface area (Å²) in [5, 5.41) is 5.29. The number of nitrogens with one attached hydrogen (secondary N) is 2. The smallest absolute Gasteiger partial charge is 0.262 e. The van der Waals surface area contributed by atoms with E-state index in [0.717, 1.165) is 11.0 Å². The van der Waals surface area contributed by atoms with Crippen molar-refractivity contribution >= 4 is 35.4 Å². The van der Waals surface area contributed by atoms with E-state index in [2.05, 4.69) is 10.6 Å². The Bertz CT molecular complexity index is 1020. The van der Waals surface area contributed by atoms with Crippen molar-refractivity contribution in [2.75, 3.05) is 25.1 Å². The monoisotopic (exact) mass is 457 g/mol. The molecule has 2 N–H and O–H groups in total. The van der Waals surface area contributed by atoms with Gasteiger partial charge in [-0.15, -0.1) is 0 Å². The molecule has 0 fully saturated rings. The molecule has 1 aliphatic rings. The molecule has 0 saturated heterocycles. The third-order valence-corrected chi connectivity index (χ3v) is 5.82. The molecule has 0 bridgehead atoms. The van der Waals surface area contributed by atoms with Gasteiger partial charge in [0.2, 0.25) is 5.91 Å². The second kappa shape index (κ2) is 10.4. The molecule has 0 aromatic heterocycles. The van der Waals surface area contributed by atoms with Gasteiger partial charge in [-0.1, -0.05) is 18.2 Å². The van der Waals surface area contributed by atoms with Crippen LogP contribution in [0.4, 0.5) is 4.39 Å². The molecular weight excluding hydrogens is 433 g/mol. The summed E-state index contributed by atoms with van der Waals surface area (Å²) in [6, 6.07) is 9.74. The normalized spacial score (nSPS) is 13.7. The van der Waals surface area contributed by atoms with Gasteiger partial charge in [-0.2, -0.15) is 11.8 Å². The minimum atomic E-state index is -0.947. The number of fused-ring (bicyclic) bond motifs is 1. The van der Waals surface area contributed by atoms with E-state index < -0.39 is 35.5 Å². The molecule has 0 spiro atoms. The molecule has 2 aromatic carbocycles. The van der Waals surface area contributed by atoms with Gasteiger partial charge in [0, 0.05) is 18.7 Å². The van der Waals surface area contributed by atoms with Crippen LogP contribution in [0.1, 0.15) is 43.1 Å². The summed E-state index contributed by atoms with van der Waals surface area (Å²) < 4.78 is 13.6. The standard InChI is InChI=1S/C23H24FN3O4S/c1-14-7-8-15(13-18(14)24)20(28)25-10-11-26-21(29)19(9-12-32-2)27-22(30)16-5-3-4-6-17(16)23(27)31/h3-8,13,19H,9-12H2,1-2H3,(H,25,28)(H,26,29). The van der Waals surface area contributed by atoms with Crippen LogP contribution in [0.2, 0.25) is 0 Å². The number of halogens is 1. The number of nitrogens with zero attached hydrogens (tertiary/aromatic N) is 1. The molecule has 168 valence electrons. The molecule has 4 amide bonds. The van der Waals surface area contributed by atoms with Gasteiger partial charge in [0.15, 0.2) is 0 Å². The summed E-state index contributed by atoms with van der Waals surface area (Å²) in [6.45, 7) is 1.81. The molecule has 2 aromatic rings. The van der Waals surface area contributed by atoms with E-state index >= 15 is 0 Å². The molecule has 0 saturated carbocycles. The van der Waals surface area contributed by atoms with Crippen molar-refractivity contribution in [1.29, 1.82) is 0 Å². The number of carbonyl (C=O) groups is 4. The van der Waals surface area contributed by atoms with Crippen molar-refractivity contribution < 1.29 is 23.6 Å². The Kier molecular flexibility index (Phi) is 7.63. The van der Waals surface area contributed by atoms with Gasteiger partial charge in [0.1, 0.15) is 11.9 Å². The Labute approximate surface area is 189 Å². The van der Waals surface area contributed by atoms with Crippen LogP contribution >= 0.6 is 11.8 Å². The molecule has 3 rings (SSSR count). The lowest BCUT2D eigenvalue weighted by Crippen LogP contribution is -2.51. The molecular formula is C23H24FN3O4S. The van der Waals surface area contributed by atoms with Crippen LogP contribution in [-0.2, 0) is 4.79 Å². The maximum atomic E-state index is 13.6. The van der Waals surface area contributed by atoms with Gasteiger partial charge < -0.3 is 10.6 Å². The van der Waals surface area contributed by atoms with E-state index in [0.29, 0.717) is 17.7 Å². The van der Waals surface area contributed by atoms with E-state index in [9.17, 15) is 23.6 Å². The van der Waals surface area contributed by atoms with Crippen LogP contribution in [0.15, 0.2) is 42.5 Å². The SMILES string of the molecule is CSCCC(C(=O)NCCNC(=O)c1ccc(C)c(F)c1)N1C(=O)c2ccccc2C1=O. The second-order valence-electron chi connectivity index (χ2n) is 7.33. The molecule has 1 atom stereocenters. The lowest BCUT2D eigenvalue weighted by Gasteiger charge is -2.25. The minimum Gasteiger partial charge on any atom is -0.353 e. The zero-order valence-corrected chi connectivity index (χ0v) is 18.6. The van der Waals surface area contributed by atoms with Crippen molar-refractivity contribution in [2.24, 2.45) is 0 Å². The van der Waals surface area contributed by atoms with Crippen LogP contribution in [0.25, 0.3) is 0 Å². The average Bonchev–Trinajstić information content (AvgIpc) is 3.04. The summed E-state index contributed by atoms with van der Waals surface area (Å²) in [5.41, 5.74) is 1.20. The number of thioether (sulfide) groups is 1. The van der Waals surface area contributed by atoms with E-state index in [-0.39, 0.29) is 29.8 Å². The van der Waals surface area contributed by atoms with Gasteiger partial charge in [0.25, 0.3) is 17.7 Å². The minimum absolute atomic E-state index is 0.0951. The van der Waals surface area contributed by atoms with E-state index in [1.54, 1.807) is 31.2 Å². The summed E-state index contributed by atoms with van der Waals surface area (Å²) in [5.74, 6) is -1.78. The summed E-state index contributed by atoms with van der Waals surface area (Å²) in [6.07, 6.45) is 2.19. The summed E-state index contributed by atoms with van der Waals surface area (Å²) in [4.78, 5) is 51.6. The van der Waals surface area contributed by atoms with Crippen LogP contribution < -0.4 is 10.6 Å².